The van der Waals surface area contributed by atoms with Crippen molar-refractivity contribution in [2.24, 2.45) is 0 Å². The van der Waals surface area contributed by atoms with E-state index in [9.17, 15) is 9.59 Å². The van der Waals surface area contributed by atoms with Crippen molar-refractivity contribution in [1.29, 1.82) is 0 Å². The quantitative estimate of drug-likeness (QED) is 0.838. The number of carbonyl (C=O) groups is 2. The molecule has 5 nitrogen and oxygen atoms in total. The van der Waals surface area contributed by atoms with Crippen molar-refractivity contribution in [3.05, 3.63) is 72.8 Å². The van der Waals surface area contributed by atoms with Crippen LogP contribution in [0.4, 0.5) is 0 Å². The van der Waals surface area contributed by atoms with Gasteiger partial charge >= 0.3 is 11.9 Å². The number of hydrogen-bond donors (Lipinski definition) is 2. The number of carboxylic acid groups (broad SMARTS) is 2. The molecule has 2 aromatic rings. The standard InChI is InChI=1S/C14H10O5.C2H4/c15-13(16)9-5-1-3-7-11(9)19-12-8-4-2-6-10(12)14(17)18;1-2/h1-8H,(H,15,16)(H,17,18);1-2H2. The van der Waals surface area contributed by atoms with Gasteiger partial charge in [-0.3, -0.25) is 0 Å². The maximum absolute atomic E-state index is 11.0. The third kappa shape index (κ3) is 3.94. The Morgan fingerprint density at radius 3 is 1.43 bits per heavy atom. The van der Waals surface area contributed by atoms with E-state index in [1.165, 1.54) is 24.3 Å². The van der Waals surface area contributed by atoms with E-state index in [4.69, 9.17) is 14.9 Å². The molecule has 0 heterocycles. The molecule has 0 spiro atoms. The van der Waals surface area contributed by atoms with E-state index in [0.717, 1.165) is 0 Å². The molecule has 0 aliphatic rings. The van der Waals surface area contributed by atoms with E-state index in [1.54, 1.807) is 24.3 Å². The summed E-state index contributed by atoms with van der Waals surface area (Å²) in [6, 6.07) is 12.1. The zero-order chi connectivity index (χ0) is 15.8. The fourth-order valence-electron chi connectivity index (χ4n) is 1.58. The highest BCUT2D eigenvalue weighted by Gasteiger charge is 2.15. The Hall–Kier alpha value is -3.08. The maximum atomic E-state index is 11.0. The first-order valence-corrected chi connectivity index (χ1v) is 5.92. The Morgan fingerprint density at radius 1 is 0.762 bits per heavy atom. The number of carboxylic acids is 2. The summed E-state index contributed by atoms with van der Waals surface area (Å²) in [6.45, 7) is 6.00. The van der Waals surface area contributed by atoms with Gasteiger partial charge in [-0.2, -0.15) is 0 Å². The van der Waals surface area contributed by atoms with Crippen LogP contribution in [-0.2, 0) is 0 Å². The fourth-order valence-corrected chi connectivity index (χ4v) is 1.58. The molecule has 0 saturated carbocycles. The lowest BCUT2D eigenvalue weighted by Crippen LogP contribution is -2.03. The largest absolute Gasteiger partial charge is 0.478 e. The molecule has 0 atom stereocenters. The van der Waals surface area contributed by atoms with Crippen LogP contribution in [0.5, 0.6) is 11.5 Å². The molecule has 0 unspecified atom stereocenters. The van der Waals surface area contributed by atoms with Crippen molar-refractivity contribution in [1.82, 2.24) is 0 Å². The summed E-state index contributed by atoms with van der Waals surface area (Å²) in [5.74, 6) is -2.07. The van der Waals surface area contributed by atoms with E-state index < -0.39 is 11.9 Å². The lowest BCUT2D eigenvalue weighted by Gasteiger charge is -2.10. The van der Waals surface area contributed by atoms with Gasteiger partial charge in [-0.05, 0) is 24.3 Å². The van der Waals surface area contributed by atoms with Gasteiger partial charge < -0.3 is 14.9 Å². The highest BCUT2D eigenvalue weighted by atomic mass is 16.5. The van der Waals surface area contributed by atoms with Crippen molar-refractivity contribution < 1.29 is 24.5 Å². The Balaban J connectivity index is 0.00000106. The van der Waals surface area contributed by atoms with Crippen LogP contribution in [0.15, 0.2) is 61.7 Å². The molecule has 0 aromatic heterocycles. The van der Waals surface area contributed by atoms with Crippen molar-refractivity contribution in [3.8, 4) is 11.5 Å². The predicted molar refractivity (Wildman–Crippen MR) is 78.1 cm³/mol. The number of aromatic carboxylic acids is 2. The normalized spacial score (nSPS) is 9.14. The van der Waals surface area contributed by atoms with Gasteiger partial charge in [-0.25, -0.2) is 9.59 Å². The summed E-state index contributed by atoms with van der Waals surface area (Å²) in [5, 5.41) is 18.1. The lowest BCUT2D eigenvalue weighted by atomic mass is 10.2. The van der Waals surface area contributed by atoms with Crippen LogP contribution in [0.25, 0.3) is 0 Å². The zero-order valence-corrected chi connectivity index (χ0v) is 11.2. The van der Waals surface area contributed by atoms with Crippen molar-refractivity contribution in [3.63, 3.8) is 0 Å². The first-order valence-electron chi connectivity index (χ1n) is 5.92. The molecule has 0 fully saturated rings. The molecule has 5 heteroatoms. The minimum Gasteiger partial charge on any atom is -0.478 e. The molecule has 108 valence electrons. The number of rotatable bonds is 4. The topological polar surface area (TPSA) is 83.8 Å². The molecule has 2 rings (SSSR count). The van der Waals surface area contributed by atoms with Gasteiger partial charge in [0.1, 0.15) is 22.6 Å². The Morgan fingerprint density at radius 2 is 1.10 bits per heavy atom. The molecule has 2 N–H and O–H groups in total. The smallest absolute Gasteiger partial charge is 0.339 e. The molecule has 0 saturated heterocycles. The lowest BCUT2D eigenvalue weighted by molar-refractivity contribution is 0.0687. The molecular formula is C16H14O5. The highest BCUT2D eigenvalue weighted by molar-refractivity contribution is 5.92. The van der Waals surface area contributed by atoms with Crippen LogP contribution in [-0.4, -0.2) is 22.2 Å². The molecular weight excluding hydrogens is 272 g/mol. The van der Waals surface area contributed by atoms with Crippen LogP contribution in [0, 0.1) is 0 Å². The minimum atomic E-state index is -1.14. The van der Waals surface area contributed by atoms with E-state index >= 15 is 0 Å². The van der Waals surface area contributed by atoms with Crippen molar-refractivity contribution >= 4 is 11.9 Å². The van der Waals surface area contributed by atoms with Crippen LogP contribution >= 0.6 is 0 Å². The molecule has 0 aliphatic heterocycles. The fraction of sp³-hybridized carbons (Fsp3) is 0. The van der Waals surface area contributed by atoms with Gasteiger partial charge in [0.05, 0.1) is 0 Å². The predicted octanol–water partition coefficient (Wildman–Crippen LogP) is 3.68. The molecule has 21 heavy (non-hydrogen) atoms. The minimum absolute atomic E-state index is 0.0253. The van der Waals surface area contributed by atoms with Gasteiger partial charge in [0.25, 0.3) is 0 Å². The van der Waals surface area contributed by atoms with E-state index in [1.807, 2.05) is 0 Å². The summed E-state index contributed by atoms with van der Waals surface area (Å²) >= 11 is 0. The second-order valence-corrected chi connectivity index (χ2v) is 3.70. The summed E-state index contributed by atoms with van der Waals surface area (Å²) in [5.41, 5.74) is -0.0506. The Kier molecular flexibility index (Phi) is 5.70. The molecule has 0 bridgehead atoms. The van der Waals surface area contributed by atoms with Gasteiger partial charge in [0.15, 0.2) is 0 Å². The molecule has 2 aromatic carbocycles. The molecule has 0 radical (unpaired) electrons. The Bertz CT molecular complexity index is 593. The molecule has 0 amide bonds. The summed E-state index contributed by atoms with van der Waals surface area (Å²) in [6.07, 6.45) is 0. The first-order chi connectivity index (χ1) is 10.1. The van der Waals surface area contributed by atoms with Gasteiger partial charge in [0, 0.05) is 0 Å². The second kappa shape index (κ2) is 7.49. The van der Waals surface area contributed by atoms with Crippen LogP contribution < -0.4 is 4.74 Å². The van der Waals surface area contributed by atoms with Crippen LogP contribution in [0.1, 0.15) is 20.7 Å². The van der Waals surface area contributed by atoms with Crippen molar-refractivity contribution in [2.75, 3.05) is 0 Å². The van der Waals surface area contributed by atoms with Crippen LogP contribution in [0.2, 0.25) is 0 Å². The number of para-hydroxylation sites is 2. The third-order valence-corrected chi connectivity index (χ3v) is 2.45. The summed E-state index contributed by atoms with van der Waals surface area (Å²) in [4.78, 5) is 22.1. The monoisotopic (exact) mass is 286 g/mol. The summed E-state index contributed by atoms with van der Waals surface area (Å²) in [7, 11) is 0. The highest BCUT2D eigenvalue weighted by Crippen LogP contribution is 2.28. The number of hydrogen-bond acceptors (Lipinski definition) is 3. The van der Waals surface area contributed by atoms with E-state index in [2.05, 4.69) is 13.2 Å². The second-order valence-electron chi connectivity index (χ2n) is 3.70. The molecule has 0 aliphatic carbocycles. The number of ether oxygens (including phenoxy) is 1. The van der Waals surface area contributed by atoms with E-state index in [0.29, 0.717) is 0 Å². The van der Waals surface area contributed by atoms with Gasteiger partial charge in [0.2, 0.25) is 0 Å². The maximum Gasteiger partial charge on any atom is 0.339 e. The Labute approximate surface area is 121 Å². The average molecular weight is 286 g/mol. The average Bonchev–Trinajstić information content (AvgIpc) is 2.50. The SMILES string of the molecule is C=C.O=C(O)c1ccccc1Oc1ccccc1C(=O)O. The zero-order valence-electron chi connectivity index (χ0n) is 11.2. The van der Waals surface area contributed by atoms with Crippen LogP contribution in [0.3, 0.4) is 0 Å². The van der Waals surface area contributed by atoms with Crippen molar-refractivity contribution in [2.45, 2.75) is 0 Å². The van der Waals surface area contributed by atoms with E-state index in [-0.39, 0.29) is 22.6 Å². The number of benzene rings is 2. The first kappa shape index (κ1) is 16.0. The summed E-state index contributed by atoms with van der Waals surface area (Å²) < 4.78 is 5.40. The van der Waals surface area contributed by atoms with Gasteiger partial charge in [-0.15, -0.1) is 13.2 Å². The van der Waals surface area contributed by atoms with Gasteiger partial charge in [-0.1, -0.05) is 24.3 Å². The third-order valence-electron chi connectivity index (χ3n) is 2.45.